The molecule has 1 N–H and O–H groups in total. The van der Waals surface area contributed by atoms with Crippen molar-refractivity contribution in [1.82, 2.24) is 9.88 Å². The van der Waals surface area contributed by atoms with Crippen LogP contribution >= 0.6 is 11.3 Å². The standard InChI is InChI=1S/C25H28N4OS/c1-18(30)27-25-11-10-24(31-25)21-8-6-19(7-9-21)20-12-15-29(16-13-20)23-5-4-14-26-22(23)17-28(2)3/h4-12,14H,13,15-17H2,1-3H3,(H,27,30). The Morgan fingerprint density at radius 2 is 1.90 bits per heavy atom. The molecule has 0 bridgehead atoms. The van der Waals surface area contributed by atoms with E-state index in [0.717, 1.165) is 41.6 Å². The molecule has 0 saturated heterocycles. The molecule has 0 spiro atoms. The zero-order valence-electron chi connectivity index (χ0n) is 18.3. The van der Waals surface area contributed by atoms with E-state index < -0.39 is 0 Å². The molecule has 1 aromatic carbocycles. The third-order valence-corrected chi connectivity index (χ3v) is 6.38. The van der Waals surface area contributed by atoms with E-state index in [1.807, 2.05) is 18.3 Å². The molecule has 0 radical (unpaired) electrons. The van der Waals surface area contributed by atoms with Gasteiger partial charge in [0, 0.05) is 37.6 Å². The Morgan fingerprint density at radius 1 is 1.13 bits per heavy atom. The Bertz CT molecular complexity index is 1080. The van der Waals surface area contributed by atoms with Crippen molar-refractivity contribution < 1.29 is 4.79 Å². The molecule has 0 fully saturated rings. The molecule has 3 aromatic rings. The molecule has 2 aromatic heterocycles. The van der Waals surface area contributed by atoms with Crippen LogP contribution in [0.2, 0.25) is 0 Å². The van der Waals surface area contributed by atoms with Gasteiger partial charge in [-0.3, -0.25) is 9.78 Å². The highest BCUT2D eigenvalue weighted by Crippen LogP contribution is 2.33. The monoisotopic (exact) mass is 432 g/mol. The number of aromatic nitrogens is 1. The second-order valence-electron chi connectivity index (χ2n) is 8.05. The first-order valence-electron chi connectivity index (χ1n) is 10.5. The van der Waals surface area contributed by atoms with Crippen molar-refractivity contribution in [3.8, 4) is 10.4 Å². The lowest BCUT2D eigenvalue weighted by molar-refractivity contribution is -0.114. The fraction of sp³-hybridized carbons (Fsp3) is 0.280. The zero-order chi connectivity index (χ0) is 21.8. The van der Waals surface area contributed by atoms with Crippen LogP contribution in [0.15, 0.2) is 60.8 Å². The molecule has 1 amide bonds. The summed E-state index contributed by atoms with van der Waals surface area (Å²) in [5.74, 6) is -0.0397. The number of carbonyl (C=O) groups is 1. The van der Waals surface area contributed by atoms with Gasteiger partial charge in [-0.25, -0.2) is 0 Å². The summed E-state index contributed by atoms with van der Waals surface area (Å²) in [7, 11) is 4.15. The number of benzene rings is 1. The van der Waals surface area contributed by atoms with Crippen LogP contribution < -0.4 is 10.2 Å². The van der Waals surface area contributed by atoms with Crippen LogP contribution in [0, 0.1) is 0 Å². The van der Waals surface area contributed by atoms with Crippen molar-refractivity contribution in [2.45, 2.75) is 19.9 Å². The Kier molecular flexibility index (Phi) is 6.49. The summed E-state index contributed by atoms with van der Waals surface area (Å²) >= 11 is 1.60. The molecule has 6 heteroatoms. The van der Waals surface area contributed by atoms with Gasteiger partial charge in [-0.2, -0.15) is 0 Å². The lowest BCUT2D eigenvalue weighted by atomic mass is 9.97. The molecular weight excluding hydrogens is 404 g/mol. The molecule has 4 rings (SSSR count). The van der Waals surface area contributed by atoms with Crippen molar-refractivity contribution in [2.24, 2.45) is 0 Å². The lowest BCUT2D eigenvalue weighted by Crippen LogP contribution is -2.30. The van der Waals surface area contributed by atoms with Crippen LogP contribution in [0.4, 0.5) is 10.7 Å². The van der Waals surface area contributed by atoms with E-state index in [-0.39, 0.29) is 5.91 Å². The van der Waals surface area contributed by atoms with Gasteiger partial charge in [0.1, 0.15) is 0 Å². The molecule has 5 nitrogen and oxygen atoms in total. The van der Waals surface area contributed by atoms with Crippen LogP contribution in [0.1, 0.15) is 24.6 Å². The summed E-state index contributed by atoms with van der Waals surface area (Å²) < 4.78 is 0. The fourth-order valence-electron chi connectivity index (χ4n) is 3.87. The van der Waals surface area contributed by atoms with E-state index in [0.29, 0.717) is 0 Å². The first-order valence-corrected chi connectivity index (χ1v) is 11.3. The highest BCUT2D eigenvalue weighted by Gasteiger charge is 2.17. The van der Waals surface area contributed by atoms with Gasteiger partial charge in [0.15, 0.2) is 0 Å². The first kappa shape index (κ1) is 21.3. The highest BCUT2D eigenvalue weighted by molar-refractivity contribution is 7.19. The maximum Gasteiger partial charge on any atom is 0.221 e. The summed E-state index contributed by atoms with van der Waals surface area (Å²) in [6.45, 7) is 4.26. The minimum absolute atomic E-state index is 0.0397. The Morgan fingerprint density at radius 3 is 2.58 bits per heavy atom. The quantitative estimate of drug-likeness (QED) is 0.587. The number of anilines is 2. The number of thiophene rings is 1. The molecule has 31 heavy (non-hydrogen) atoms. The Hall–Kier alpha value is -2.96. The predicted molar refractivity (Wildman–Crippen MR) is 130 cm³/mol. The third kappa shape index (κ3) is 5.21. The summed E-state index contributed by atoms with van der Waals surface area (Å²) in [5, 5.41) is 3.73. The van der Waals surface area contributed by atoms with E-state index in [2.05, 4.69) is 76.7 Å². The van der Waals surface area contributed by atoms with E-state index in [1.165, 1.54) is 29.3 Å². The first-order chi connectivity index (χ1) is 15.0. The molecule has 1 aliphatic heterocycles. The van der Waals surface area contributed by atoms with E-state index in [9.17, 15) is 4.79 Å². The van der Waals surface area contributed by atoms with E-state index >= 15 is 0 Å². The van der Waals surface area contributed by atoms with E-state index in [4.69, 9.17) is 0 Å². The minimum atomic E-state index is -0.0397. The zero-order valence-corrected chi connectivity index (χ0v) is 19.1. The third-order valence-electron chi connectivity index (χ3n) is 5.33. The van der Waals surface area contributed by atoms with Gasteiger partial charge in [0.05, 0.1) is 16.4 Å². The van der Waals surface area contributed by atoms with Gasteiger partial charge in [-0.15, -0.1) is 11.3 Å². The maximum atomic E-state index is 11.2. The number of carbonyl (C=O) groups excluding carboxylic acids is 1. The van der Waals surface area contributed by atoms with Crippen molar-refractivity contribution in [3.63, 3.8) is 0 Å². The molecule has 0 saturated carbocycles. The maximum absolute atomic E-state index is 11.2. The topological polar surface area (TPSA) is 48.5 Å². The van der Waals surface area contributed by atoms with Crippen molar-refractivity contribution in [1.29, 1.82) is 0 Å². The average molecular weight is 433 g/mol. The molecule has 0 atom stereocenters. The highest BCUT2D eigenvalue weighted by atomic mass is 32.1. The number of amides is 1. The number of hydrogen-bond donors (Lipinski definition) is 1. The minimum Gasteiger partial charge on any atom is -0.366 e. The molecular formula is C25H28N4OS. The van der Waals surface area contributed by atoms with Crippen LogP contribution in [0.25, 0.3) is 16.0 Å². The molecule has 1 aliphatic rings. The van der Waals surface area contributed by atoms with Gasteiger partial charge in [-0.1, -0.05) is 30.3 Å². The number of rotatable bonds is 6. The van der Waals surface area contributed by atoms with Crippen LogP contribution in [0.3, 0.4) is 0 Å². The second kappa shape index (κ2) is 9.45. The fourth-order valence-corrected chi connectivity index (χ4v) is 4.83. The molecule has 0 aliphatic carbocycles. The second-order valence-corrected chi connectivity index (χ2v) is 9.14. The van der Waals surface area contributed by atoms with Crippen molar-refractivity contribution >= 4 is 33.5 Å². The predicted octanol–water partition coefficient (Wildman–Crippen LogP) is 5.12. The largest absolute Gasteiger partial charge is 0.366 e. The van der Waals surface area contributed by atoms with Gasteiger partial charge >= 0.3 is 0 Å². The van der Waals surface area contributed by atoms with Crippen LogP contribution in [-0.2, 0) is 11.3 Å². The summed E-state index contributed by atoms with van der Waals surface area (Å²) in [6, 6.07) is 17.0. The number of pyridine rings is 1. The smallest absolute Gasteiger partial charge is 0.221 e. The van der Waals surface area contributed by atoms with E-state index in [1.54, 1.807) is 11.3 Å². The SMILES string of the molecule is CC(=O)Nc1ccc(-c2ccc(C3=CCN(c4cccnc4CN(C)C)CC3)cc2)s1. The normalized spacial score (nSPS) is 13.9. The van der Waals surface area contributed by atoms with Crippen LogP contribution in [-0.4, -0.2) is 43.0 Å². The van der Waals surface area contributed by atoms with Gasteiger partial charge in [-0.05, 0) is 61.5 Å². The summed E-state index contributed by atoms with van der Waals surface area (Å²) in [4.78, 5) is 21.6. The summed E-state index contributed by atoms with van der Waals surface area (Å²) in [5.41, 5.74) is 6.21. The molecule has 160 valence electrons. The number of nitrogens with one attached hydrogen (secondary N) is 1. The number of nitrogens with zero attached hydrogens (tertiary/aromatic N) is 3. The van der Waals surface area contributed by atoms with Gasteiger partial charge in [0.2, 0.25) is 5.91 Å². The number of hydrogen-bond acceptors (Lipinski definition) is 5. The molecule has 3 heterocycles. The average Bonchev–Trinajstić information content (AvgIpc) is 3.22. The lowest BCUT2D eigenvalue weighted by Gasteiger charge is -2.30. The van der Waals surface area contributed by atoms with Gasteiger partial charge < -0.3 is 15.1 Å². The Labute approximate surface area is 188 Å². The van der Waals surface area contributed by atoms with Crippen molar-refractivity contribution in [2.75, 3.05) is 37.4 Å². The molecule has 0 unspecified atom stereocenters. The Balaban J connectivity index is 1.45. The summed E-state index contributed by atoms with van der Waals surface area (Å²) in [6.07, 6.45) is 5.23. The van der Waals surface area contributed by atoms with Gasteiger partial charge in [0.25, 0.3) is 0 Å². The van der Waals surface area contributed by atoms with Crippen LogP contribution in [0.5, 0.6) is 0 Å². The van der Waals surface area contributed by atoms with Crippen molar-refractivity contribution in [3.05, 3.63) is 72.1 Å².